The van der Waals surface area contributed by atoms with Gasteiger partial charge in [-0.3, -0.25) is 0 Å². The molecule has 0 amide bonds. The van der Waals surface area contributed by atoms with Gasteiger partial charge in [-0.1, -0.05) is 30.3 Å². The molecule has 88 valence electrons. The van der Waals surface area contributed by atoms with E-state index in [-0.39, 0.29) is 12.5 Å². The standard InChI is InChI=1S/C12H14F3N/c13-12(14,15)11(10-6-7-10)16-8-9-4-2-1-3-5-9/h1-5,10-11,16H,6-8H2. The minimum Gasteiger partial charge on any atom is -0.302 e. The van der Waals surface area contributed by atoms with Crippen molar-refractivity contribution in [1.82, 2.24) is 5.32 Å². The normalized spacial score (nSPS) is 18.4. The van der Waals surface area contributed by atoms with Crippen molar-refractivity contribution in [3.05, 3.63) is 35.9 Å². The van der Waals surface area contributed by atoms with Crippen LogP contribution < -0.4 is 5.32 Å². The second-order valence-electron chi connectivity index (χ2n) is 4.22. The summed E-state index contributed by atoms with van der Waals surface area (Å²) in [5.74, 6) is -0.219. The van der Waals surface area contributed by atoms with E-state index in [2.05, 4.69) is 5.32 Å². The Balaban J connectivity index is 1.92. The Labute approximate surface area is 92.7 Å². The van der Waals surface area contributed by atoms with Gasteiger partial charge in [0.1, 0.15) is 6.04 Å². The number of hydrogen-bond acceptors (Lipinski definition) is 1. The quantitative estimate of drug-likeness (QED) is 0.836. The van der Waals surface area contributed by atoms with Crippen LogP contribution in [0.1, 0.15) is 18.4 Å². The summed E-state index contributed by atoms with van der Waals surface area (Å²) in [5, 5.41) is 2.61. The molecule has 1 saturated carbocycles. The number of rotatable bonds is 4. The molecule has 0 spiro atoms. The lowest BCUT2D eigenvalue weighted by atomic mass is 10.1. The van der Waals surface area contributed by atoms with E-state index in [0.29, 0.717) is 12.8 Å². The van der Waals surface area contributed by atoms with Crippen molar-refractivity contribution in [2.45, 2.75) is 31.6 Å². The largest absolute Gasteiger partial charge is 0.404 e. The zero-order chi connectivity index (χ0) is 11.6. The maximum absolute atomic E-state index is 12.7. The van der Waals surface area contributed by atoms with Gasteiger partial charge in [0.2, 0.25) is 0 Å². The Morgan fingerprint density at radius 2 is 1.81 bits per heavy atom. The van der Waals surface area contributed by atoms with Crippen molar-refractivity contribution in [1.29, 1.82) is 0 Å². The summed E-state index contributed by atoms with van der Waals surface area (Å²) in [6.07, 6.45) is -2.76. The van der Waals surface area contributed by atoms with E-state index < -0.39 is 12.2 Å². The van der Waals surface area contributed by atoms with Crippen LogP contribution in [0.2, 0.25) is 0 Å². The highest BCUT2D eigenvalue weighted by Gasteiger charge is 2.48. The van der Waals surface area contributed by atoms with Crippen LogP contribution in [0.3, 0.4) is 0 Å². The zero-order valence-electron chi connectivity index (χ0n) is 8.80. The van der Waals surface area contributed by atoms with E-state index in [4.69, 9.17) is 0 Å². The van der Waals surface area contributed by atoms with Gasteiger partial charge in [-0.2, -0.15) is 13.2 Å². The molecular formula is C12H14F3N. The van der Waals surface area contributed by atoms with Crippen molar-refractivity contribution in [3.8, 4) is 0 Å². The average molecular weight is 229 g/mol. The third-order valence-corrected chi connectivity index (χ3v) is 2.81. The van der Waals surface area contributed by atoms with E-state index >= 15 is 0 Å². The molecule has 0 bridgehead atoms. The Bertz CT molecular complexity index is 330. The molecule has 1 fully saturated rings. The average Bonchev–Trinajstić information content (AvgIpc) is 3.02. The molecule has 2 rings (SSSR count). The molecular weight excluding hydrogens is 215 g/mol. The highest BCUT2D eigenvalue weighted by Crippen LogP contribution is 2.40. The van der Waals surface area contributed by atoms with Gasteiger partial charge in [0.25, 0.3) is 0 Å². The molecule has 0 aliphatic heterocycles. The molecule has 0 aromatic heterocycles. The fourth-order valence-electron chi connectivity index (χ4n) is 1.80. The molecule has 1 unspecified atom stereocenters. The monoisotopic (exact) mass is 229 g/mol. The van der Waals surface area contributed by atoms with Crippen molar-refractivity contribution in [2.24, 2.45) is 5.92 Å². The van der Waals surface area contributed by atoms with Crippen LogP contribution in [0.4, 0.5) is 13.2 Å². The highest BCUT2D eigenvalue weighted by atomic mass is 19.4. The smallest absolute Gasteiger partial charge is 0.302 e. The molecule has 4 heteroatoms. The first-order valence-electron chi connectivity index (χ1n) is 5.41. The van der Waals surface area contributed by atoms with Gasteiger partial charge in [-0.15, -0.1) is 0 Å². The van der Waals surface area contributed by atoms with Gasteiger partial charge in [-0.25, -0.2) is 0 Å². The van der Waals surface area contributed by atoms with Crippen molar-refractivity contribution in [2.75, 3.05) is 0 Å². The van der Waals surface area contributed by atoms with Gasteiger partial charge in [-0.05, 0) is 24.3 Å². The summed E-state index contributed by atoms with van der Waals surface area (Å²) >= 11 is 0. The van der Waals surface area contributed by atoms with Crippen LogP contribution in [0.5, 0.6) is 0 Å². The summed E-state index contributed by atoms with van der Waals surface area (Å²) in [6.45, 7) is 0.279. The van der Waals surface area contributed by atoms with E-state index in [1.165, 1.54) is 0 Å². The number of alkyl halides is 3. The van der Waals surface area contributed by atoms with Gasteiger partial charge in [0.15, 0.2) is 0 Å². The Morgan fingerprint density at radius 3 is 2.31 bits per heavy atom. The van der Waals surface area contributed by atoms with Crippen LogP contribution in [0.25, 0.3) is 0 Å². The van der Waals surface area contributed by atoms with Crippen LogP contribution >= 0.6 is 0 Å². The van der Waals surface area contributed by atoms with Gasteiger partial charge in [0.05, 0.1) is 0 Å². The number of hydrogen-bond donors (Lipinski definition) is 1. The predicted molar refractivity (Wildman–Crippen MR) is 55.8 cm³/mol. The molecule has 0 heterocycles. The minimum absolute atomic E-state index is 0.219. The Hall–Kier alpha value is -1.03. The molecule has 1 nitrogen and oxygen atoms in total. The van der Waals surface area contributed by atoms with E-state index in [0.717, 1.165) is 5.56 Å². The zero-order valence-corrected chi connectivity index (χ0v) is 8.80. The van der Waals surface area contributed by atoms with Crippen molar-refractivity contribution < 1.29 is 13.2 Å². The van der Waals surface area contributed by atoms with Crippen LogP contribution in [-0.2, 0) is 6.54 Å². The third-order valence-electron chi connectivity index (χ3n) is 2.81. The fraction of sp³-hybridized carbons (Fsp3) is 0.500. The Kier molecular flexibility index (Phi) is 3.19. The summed E-state index contributed by atoms with van der Waals surface area (Å²) in [6, 6.07) is 7.83. The summed E-state index contributed by atoms with van der Waals surface area (Å²) < 4.78 is 38.0. The number of nitrogens with one attached hydrogen (secondary N) is 1. The second kappa shape index (κ2) is 4.45. The SMILES string of the molecule is FC(F)(F)C(NCc1ccccc1)C1CC1. The maximum Gasteiger partial charge on any atom is 0.404 e. The van der Waals surface area contributed by atoms with Gasteiger partial charge in [0, 0.05) is 6.54 Å². The minimum atomic E-state index is -4.13. The van der Waals surface area contributed by atoms with Gasteiger partial charge < -0.3 is 5.32 Å². The van der Waals surface area contributed by atoms with E-state index in [1.807, 2.05) is 30.3 Å². The lowest BCUT2D eigenvalue weighted by Gasteiger charge is -2.21. The number of benzene rings is 1. The molecule has 1 N–H and O–H groups in total. The summed E-state index contributed by atoms with van der Waals surface area (Å²) in [7, 11) is 0. The molecule has 0 saturated heterocycles. The summed E-state index contributed by atoms with van der Waals surface area (Å²) in [4.78, 5) is 0. The highest BCUT2D eigenvalue weighted by molar-refractivity contribution is 5.14. The first-order chi connectivity index (χ1) is 7.57. The first-order valence-corrected chi connectivity index (χ1v) is 5.41. The molecule has 1 aliphatic carbocycles. The lowest BCUT2D eigenvalue weighted by Crippen LogP contribution is -2.43. The van der Waals surface area contributed by atoms with Gasteiger partial charge >= 0.3 is 6.18 Å². The van der Waals surface area contributed by atoms with Crippen molar-refractivity contribution in [3.63, 3.8) is 0 Å². The second-order valence-corrected chi connectivity index (χ2v) is 4.22. The number of halogens is 3. The maximum atomic E-state index is 12.7. The molecule has 1 atom stereocenters. The predicted octanol–water partition coefficient (Wildman–Crippen LogP) is 3.12. The molecule has 1 aromatic rings. The lowest BCUT2D eigenvalue weighted by molar-refractivity contribution is -0.161. The van der Waals surface area contributed by atoms with Crippen molar-refractivity contribution >= 4 is 0 Å². The Morgan fingerprint density at radius 1 is 1.19 bits per heavy atom. The molecule has 1 aromatic carbocycles. The topological polar surface area (TPSA) is 12.0 Å². The first kappa shape index (κ1) is 11.5. The van der Waals surface area contributed by atoms with Crippen LogP contribution in [0, 0.1) is 5.92 Å². The molecule has 16 heavy (non-hydrogen) atoms. The molecule has 1 aliphatic rings. The third kappa shape index (κ3) is 2.98. The summed E-state index contributed by atoms with van der Waals surface area (Å²) in [5.41, 5.74) is 0.886. The molecule has 0 radical (unpaired) electrons. The van der Waals surface area contributed by atoms with E-state index in [9.17, 15) is 13.2 Å². The van der Waals surface area contributed by atoms with Crippen LogP contribution in [0.15, 0.2) is 30.3 Å². The van der Waals surface area contributed by atoms with E-state index in [1.54, 1.807) is 0 Å². The van der Waals surface area contributed by atoms with Crippen LogP contribution in [-0.4, -0.2) is 12.2 Å². The fourth-order valence-corrected chi connectivity index (χ4v) is 1.80.